The molecule has 0 aromatic heterocycles. The van der Waals surface area contributed by atoms with Gasteiger partial charge in [-0.05, 0) is 11.5 Å². The van der Waals surface area contributed by atoms with E-state index in [1.165, 1.54) is 0 Å². The largest absolute Gasteiger partial charge is 2.00 e. The van der Waals surface area contributed by atoms with E-state index >= 15 is 0 Å². The number of allylic oxidation sites excluding steroid dienone is 5. The van der Waals surface area contributed by atoms with E-state index in [-0.39, 0.29) is 23.0 Å². The minimum absolute atomic E-state index is 0. The molecule has 0 spiro atoms. The standard InChI is InChI=1S/C6H8N2O.C5H5.Fe/c7-8-6(9)5-3-1-2-4-5;1-2-4-5-3-1;/h1-4,8-9H,7H2;1-5H;/q;-1;+2/p-1. The number of nitrogens with two attached hydrogens (primary N) is 1. The van der Waals surface area contributed by atoms with Gasteiger partial charge in [-0.3, -0.25) is 5.84 Å². The molecule has 0 amide bonds. The quantitative estimate of drug-likeness (QED) is 0.249. The van der Waals surface area contributed by atoms with E-state index in [4.69, 9.17) is 5.84 Å². The number of nitrogens with one attached hydrogen (secondary N) is 1. The summed E-state index contributed by atoms with van der Waals surface area (Å²) < 4.78 is 0. The van der Waals surface area contributed by atoms with Crippen LogP contribution in [-0.2, 0) is 17.1 Å². The Labute approximate surface area is 99.8 Å². The van der Waals surface area contributed by atoms with Crippen LogP contribution in [0, 0.1) is 0 Å². The maximum Gasteiger partial charge on any atom is 2.00 e. The van der Waals surface area contributed by atoms with Crippen LogP contribution in [0.3, 0.4) is 0 Å². The fourth-order valence-corrected chi connectivity index (χ4v) is 0.929. The van der Waals surface area contributed by atoms with Gasteiger partial charge in [-0.1, -0.05) is 24.3 Å². The van der Waals surface area contributed by atoms with Crippen molar-refractivity contribution in [1.29, 1.82) is 0 Å². The zero-order valence-corrected chi connectivity index (χ0v) is 9.14. The van der Waals surface area contributed by atoms with E-state index in [1.807, 2.05) is 35.8 Å². The van der Waals surface area contributed by atoms with Crippen LogP contribution in [0.2, 0.25) is 0 Å². The van der Waals surface area contributed by atoms with Crippen LogP contribution in [0.1, 0.15) is 0 Å². The summed E-state index contributed by atoms with van der Waals surface area (Å²) in [4.78, 5) is 0. The summed E-state index contributed by atoms with van der Waals surface area (Å²) in [6.45, 7) is 0. The Morgan fingerprint density at radius 1 is 1.20 bits per heavy atom. The van der Waals surface area contributed by atoms with Crippen molar-refractivity contribution in [1.82, 2.24) is 5.43 Å². The average Bonchev–Trinajstić information content (AvgIpc) is 2.91. The van der Waals surface area contributed by atoms with Crippen molar-refractivity contribution >= 4 is 0 Å². The third kappa shape index (κ3) is 5.18. The van der Waals surface area contributed by atoms with Gasteiger partial charge in [0.15, 0.2) is 0 Å². The molecule has 3 nitrogen and oxygen atoms in total. The van der Waals surface area contributed by atoms with Crippen LogP contribution in [-0.4, -0.2) is 0 Å². The molecule has 0 heterocycles. The van der Waals surface area contributed by atoms with Crippen molar-refractivity contribution in [2.45, 2.75) is 0 Å². The van der Waals surface area contributed by atoms with Gasteiger partial charge in [-0.25, -0.2) is 12.1 Å². The normalized spacial score (nSPS) is 11.4. The van der Waals surface area contributed by atoms with E-state index in [2.05, 4.69) is 0 Å². The Bertz CT molecular complexity index is 308. The van der Waals surface area contributed by atoms with Gasteiger partial charge in [-0.15, -0.1) is 0 Å². The second-order valence-corrected chi connectivity index (χ2v) is 2.61. The predicted molar refractivity (Wildman–Crippen MR) is 54.7 cm³/mol. The molecule has 0 bridgehead atoms. The molecule has 2 rings (SSSR count). The topological polar surface area (TPSA) is 61.1 Å². The van der Waals surface area contributed by atoms with Crippen LogP contribution < -0.4 is 16.4 Å². The molecular weight excluding hydrogens is 232 g/mol. The molecule has 0 radical (unpaired) electrons. The van der Waals surface area contributed by atoms with Crippen LogP contribution >= 0.6 is 0 Å². The summed E-state index contributed by atoms with van der Waals surface area (Å²) in [6, 6.07) is 10.0. The first kappa shape index (κ1) is 13.6. The number of hydrogen-bond donors (Lipinski definition) is 2. The van der Waals surface area contributed by atoms with Crippen LogP contribution in [0.25, 0.3) is 0 Å². The first-order valence-electron chi connectivity index (χ1n) is 4.24. The molecular formula is C11H12FeN2O. The first-order chi connectivity index (χ1) is 6.84. The Balaban J connectivity index is 0.000000280. The van der Waals surface area contributed by atoms with Gasteiger partial charge in [0.1, 0.15) is 0 Å². The molecule has 1 aliphatic carbocycles. The van der Waals surface area contributed by atoms with Crippen molar-refractivity contribution in [3.05, 3.63) is 66.1 Å². The van der Waals surface area contributed by atoms with Crippen LogP contribution in [0.5, 0.6) is 0 Å². The molecule has 3 N–H and O–H groups in total. The van der Waals surface area contributed by atoms with E-state index in [9.17, 15) is 5.11 Å². The maximum absolute atomic E-state index is 10.6. The maximum atomic E-state index is 10.6. The van der Waals surface area contributed by atoms with Crippen LogP contribution in [0.4, 0.5) is 0 Å². The van der Waals surface area contributed by atoms with Gasteiger partial charge in [0.2, 0.25) is 0 Å². The molecule has 0 saturated heterocycles. The molecule has 15 heavy (non-hydrogen) atoms. The van der Waals surface area contributed by atoms with E-state index in [0.29, 0.717) is 5.57 Å². The van der Waals surface area contributed by atoms with Crippen molar-refractivity contribution in [3.8, 4) is 0 Å². The molecule has 4 heteroatoms. The monoisotopic (exact) mass is 244 g/mol. The Morgan fingerprint density at radius 3 is 2.07 bits per heavy atom. The third-order valence-electron chi connectivity index (χ3n) is 1.61. The van der Waals surface area contributed by atoms with Crippen molar-refractivity contribution in [2.24, 2.45) is 5.84 Å². The van der Waals surface area contributed by atoms with Gasteiger partial charge in [-0.2, -0.15) is 18.2 Å². The minimum Gasteiger partial charge on any atom is -0.859 e. The predicted octanol–water partition coefficient (Wildman–Crippen LogP) is 0.551. The SMILES string of the molecule is NNC([O-])=C1C=CC=C1.[Fe+2].c1cc[cH-]c1. The number of hydrazine groups is 1. The third-order valence-corrected chi connectivity index (χ3v) is 1.61. The van der Waals surface area contributed by atoms with E-state index in [0.717, 1.165) is 0 Å². The zero-order chi connectivity index (χ0) is 10.2. The molecule has 80 valence electrons. The molecule has 0 saturated carbocycles. The Morgan fingerprint density at radius 2 is 1.73 bits per heavy atom. The van der Waals surface area contributed by atoms with Crippen LogP contribution in [0.15, 0.2) is 66.1 Å². The molecule has 1 aliphatic rings. The van der Waals surface area contributed by atoms with E-state index in [1.54, 1.807) is 24.3 Å². The molecule has 1 aromatic rings. The van der Waals surface area contributed by atoms with Gasteiger partial charge in [0, 0.05) is 0 Å². The smallest absolute Gasteiger partial charge is 0.859 e. The summed E-state index contributed by atoms with van der Waals surface area (Å²) in [5.41, 5.74) is 2.62. The summed E-state index contributed by atoms with van der Waals surface area (Å²) >= 11 is 0. The summed E-state index contributed by atoms with van der Waals surface area (Å²) in [6.07, 6.45) is 6.96. The van der Waals surface area contributed by atoms with Crippen molar-refractivity contribution in [2.75, 3.05) is 0 Å². The fourth-order valence-electron chi connectivity index (χ4n) is 0.929. The van der Waals surface area contributed by atoms with Gasteiger partial charge in [0.05, 0.1) is 0 Å². The summed E-state index contributed by atoms with van der Waals surface area (Å²) in [5.74, 6) is 4.61. The van der Waals surface area contributed by atoms with Gasteiger partial charge >= 0.3 is 17.1 Å². The van der Waals surface area contributed by atoms with Crippen molar-refractivity contribution in [3.63, 3.8) is 0 Å². The molecule has 1 aromatic carbocycles. The number of hydrogen-bond acceptors (Lipinski definition) is 3. The van der Waals surface area contributed by atoms with Gasteiger partial charge in [0.25, 0.3) is 0 Å². The van der Waals surface area contributed by atoms with Gasteiger partial charge < -0.3 is 10.5 Å². The fraction of sp³-hybridized carbons (Fsp3) is 0. The second-order valence-electron chi connectivity index (χ2n) is 2.61. The van der Waals surface area contributed by atoms with Crippen molar-refractivity contribution < 1.29 is 22.2 Å². The van der Waals surface area contributed by atoms with E-state index < -0.39 is 0 Å². The summed E-state index contributed by atoms with van der Waals surface area (Å²) in [7, 11) is 0. The number of rotatable bonds is 1. The Hall–Kier alpha value is -1.35. The average molecular weight is 244 g/mol. The molecule has 0 fully saturated rings. The zero-order valence-electron chi connectivity index (χ0n) is 8.04. The molecule has 0 atom stereocenters. The first-order valence-corrected chi connectivity index (χ1v) is 4.24. The Kier molecular flexibility index (Phi) is 7.28. The summed E-state index contributed by atoms with van der Waals surface area (Å²) in [5, 5.41) is 10.6. The molecule has 0 unspecified atom stereocenters. The minimum atomic E-state index is -0.250. The second kappa shape index (κ2) is 8.00. The molecule has 0 aliphatic heterocycles.